The van der Waals surface area contributed by atoms with Gasteiger partial charge < -0.3 is 19.4 Å². The van der Waals surface area contributed by atoms with Crippen LogP contribution in [0.15, 0.2) is 106 Å². The van der Waals surface area contributed by atoms with E-state index in [9.17, 15) is 14.4 Å². The van der Waals surface area contributed by atoms with Crippen LogP contribution in [0.2, 0.25) is 0 Å². The van der Waals surface area contributed by atoms with Crippen LogP contribution in [0.1, 0.15) is 52.8 Å². The van der Waals surface area contributed by atoms with Crippen LogP contribution in [0.4, 0.5) is 5.69 Å². The molecule has 1 aliphatic rings. The molecule has 0 spiro atoms. The summed E-state index contributed by atoms with van der Waals surface area (Å²) in [6.45, 7) is 7.87. The van der Waals surface area contributed by atoms with Gasteiger partial charge in [0.15, 0.2) is 4.80 Å². The molecule has 6 rings (SSSR count). The molecule has 3 heterocycles. The summed E-state index contributed by atoms with van der Waals surface area (Å²) < 4.78 is 14.8. The van der Waals surface area contributed by atoms with Gasteiger partial charge in [-0.1, -0.05) is 41.7 Å². The molecule has 2 aromatic heterocycles. The number of methoxy groups -OCH3 is 1. The number of carbonyl (C=O) groups excluding carboxylic acids is 2. The van der Waals surface area contributed by atoms with Crippen LogP contribution in [0.5, 0.6) is 5.75 Å². The molecule has 1 N–H and O–H groups in total. The molecule has 0 aliphatic carbocycles. The fraction of sp³-hybridized carbons (Fsp3) is 0.189. The Morgan fingerprint density at radius 1 is 0.979 bits per heavy atom. The predicted octanol–water partition coefficient (Wildman–Crippen LogP) is 5.47. The number of amides is 1. The second-order valence-corrected chi connectivity index (χ2v) is 12.1. The lowest BCUT2D eigenvalue weighted by atomic mass is 9.95. The minimum Gasteiger partial charge on any atom is -0.497 e. The van der Waals surface area contributed by atoms with Gasteiger partial charge in [-0.2, -0.15) is 0 Å². The molecule has 5 aromatic rings. The molecule has 10 heteroatoms. The molecule has 1 amide bonds. The van der Waals surface area contributed by atoms with Crippen LogP contribution in [-0.4, -0.2) is 34.7 Å². The minimum absolute atomic E-state index is 0.248. The first-order valence-electron chi connectivity index (χ1n) is 15.2. The number of nitrogens with zero attached hydrogens (tertiary/aromatic N) is 3. The first-order valence-corrected chi connectivity index (χ1v) is 16.0. The van der Waals surface area contributed by atoms with Gasteiger partial charge in [0.05, 0.1) is 41.1 Å². The lowest BCUT2D eigenvalue weighted by molar-refractivity contribution is -0.113. The number of aromatic nitrogens is 2. The van der Waals surface area contributed by atoms with Gasteiger partial charge in [0.1, 0.15) is 5.75 Å². The topological polar surface area (TPSA) is 104 Å². The van der Waals surface area contributed by atoms with E-state index in [0.717, 1.165) is 28.2 Å². The molecule has 0 bridgehead atoms. The Balaban J connectivity index is 1.44. The Morgan fingerprint density at radius 2 is 1.72 bits per heavy atom. The summed E-state index contributed by atoms with van der Waals surface area (Å²) in [5, 5.41) is 2.98. The lowest BCUT2D eigenvalue weighted by Gasteiger charge is -2.25. The summed E-state index contributed by atoms with van der Waals surface area (Å²) in [7, 11) is 1.58. The van der Waals surface area contributed by atoms with Crippen molar-refractivity contribution < 1.29 is 19.1 Å². The fourth-order valence-corrected chi connectivity index (χ4v) is 6.93. The monoisotopic (exact) mass is 646 g/mol. The SMILES string of the molecule is CCOC(=O)c1ccc(-n2c(C)cc(/C=c3\sc4n(c3=O)[C@H](c3cccc(OC)c3)C(C(=O)Nc3ccccc3)=C(C)N=4)c2C)cc1. The van der Waals surface area contributed by atoms with Crippen LogP contribution < -0.4 is 24.9 Å². The third-order valence-corrected chi connectivity index (χ3v) is 9.08. The number of hydrogen-bond donors (Lipinski definition) is 1. The molecule has 47 heavy (non-hydrogen) atoms. The maximum atomic E-state index is 14.3. The molecule has 1 aliphatic heterocycles. The maximum absolute atomic E-state index is 14.3. The van der Waals surface area contributed by atoms with E-state index in [2.05, 4.69) is 9.88 Å². The quantitative estimate of drug-likeness (QED) is 0.226. The molecular weight excluding hydrogens is 612 g/mol. The molecule has 9 nitrogen and oxygen atoms in total. The van der Waals surface area contributed by atoms with Crippen molar-refractivity contribution in [2.75, 3.05) is 19.0 Å². The van der Waals surface area contributed by atoms with Gasteiger partial charge in [-0.3, -0.25) is 14.2 Å². The normalized spacial score (nSPS) is 14.4. The number of benzene rings is 3. The minimum atomic E-state index is -0.724. The third kappa shape index (κ3) is 6.07. The van der Waals surface area contributed by atoms with Crippen LogP contribution in [-0.2, 0) is 9.53 Å². The van der Waals surface area contributed by atoms with E-state index in [-0.39, 0.29) is 17.4 Å². The number of ether oxygens (including phenoxy) is 2. The molecule has 0 fully saturated rings. The zero-order valence-electron chi connectivity index (χ0n) is 26.7. The average Bonchev–Trinajstić information content (AvgIpc) is 3.53. The molecule has 0 saturated heterocycles. The highest BCUT2D eigenvalue weighted by Crippen LogP contribution is 2.32. The standard InChI is InChI=1S/C37H34N4O5S/c1-6-46-36(44)25-15-17-29(18-16-25)40-22(2)19-27(24(40)4)21-31-35(43)41-33(26-11-10-14-30(20-26)45-5)32(23(3)38-37(41)47-31)34(42)39-28-12-8-7-9-13-28/h7-21,33H,6H2,1-5H3,(H,39,42)/b31-21-/t33-/m1/s1. The number of aryl methyl sites for hydroxylation is 1. The fourth-order valence-electron chi connectivity index (χ4n) is 5.89. The number of carbonyl (C=O) groups is 2. The van der Waals surface area contributed by atoms with E-state index in [1.165, 1.54) is 11.3 Å². The van der Waals surface area contributed by atoms with Gasteiger partial charge in [0.25, 0.3) is 11.5 Å². The van der Waals surface area contributed by atoms with Crippen LogP contribution in [0.25, 0.3) is 11.8 Å². The van der Waals surface area contributed by atoms with E-state index in [4.69, 9.17) is 14.5 Å². The smallest absolute Gasteiger partial charge is 0.338 e. The van der Waals surface area contributed by atoms with Gasteiger partial charge in [0.2, 0.25) is 0 Å². The Hall–Kier alpha value is -5.48. The first-order chi connectivity index (χ1) is 22.7. The van der Waals surface area contributed by atoms with Crippen molar-refractivity contribution in [2.45, 2.75) is 33.7 Å². The van der Waals surface area contributed by atoms with Crippen molar-refractivity contribution in [3.8, 4) is 11.4 Å². The van der Waals surface area contributed by atoms with Gasteiger partial charge in [-0.15, -0.1) is 0 Å². The van der Waals surface area contributed by atoms with Gasteiger partial charge in [0, 0.05) is 22.8 Å². The summed E-state index contributed by atoms with van der Waals surface area (Å²) in [4.78, 5) is 45.5. The summed E-state index contributed by atoms with van der Waals surface area (Å²) in [5.74, 6) is -0.0823. The van der Waals surface area contributed by atoms with Crippen molar-refractivity contribution in [1.82, 2.24) is 9.13 Å². The maximum Gasteiger partial charge on any atom is 0.338 e. The van der Waals surface area contributed by atoms with Gasteiger partial charge >= 0.3 is 5.97 Å². The van der Waals surface area contributed by atoms with Crippen LogP contribution >= 0.6 is 11.3 Å². The summed E-state index contributed by atoms with van der Waals surface area (Å²) in [6.07, 6.45) is 1.88. The number of nitrogens with one attached hydrogen (secondary N) is 1. The second-order valence-electron chi connectivity index (χ2n) is 11.1. The first kappa shape index (κ1) is 31.5. The van der Waals surface area contributed by atoms with E-state index >= 15 is 0 Å². The Bertz CT molecular complexity index is 2210. The Morgan fingerprint density at radius 3 is 2.43 bits per heavy atom. The second kappa shape index (κ2) is 13.1. The van der Waals surface area contributed by atoms with E-state index in [1.54, 1.807) is 37.7 Å². The molecule has 1 atom stereocenters. The van der Waals surface area contributed by atoms with Crippen molar-refractivity contribution in [1.29, 1.82) is 0 Å². The zero-order valence-corrected chi connectivity index (χ0v) is 27.6. The van der Waals surface area contributed by atoms with Crippen LogP contribution in [0, 0.1) is 13.8 Å². The number of thiazole rings is 1. The highest BCUT2D eigenvalue weighted by molar-refractivity contribution is 7.07. The van der Waals surface area contributed by atoms with Crippen molar-refractivity contribution in [3.63, 3.8) is 0 Å². The molecule has 0 radical (unpaired) electrons. The van der Waals surface area contributed by atoms with Gasteiger partial charge in [-0.25, -0.2) is 9.79 Å². The molecular formula is C37H34N4O5S. The van der Waals surface area contributed by atoms with Crippen molar-refractivity contribution in [2.24, 2.45) is 4.99 Å². The Labute approximate surface area is 275 Å². The summed E-state index contributed by atoms with van der Waals surface area (Å²) in [6, 6.07) is 25.2. The molecule has 3 aromatic carbocycles. The van der Waals surface area contributed by atoms with E-state index < -0.39 is 6.04 Å². The number of para-hydroxylation sites is 1. The predicted molar refractivity (Wildman–Crippen MR) is 183 cm³/mol. The van der Waals surface area contributed by atoms with E-state index in [1.807, 2.05) is 92.7 Å². The van der Waals surface area contributed by atoms with E-state index in [0.29, 0.717) is 44.2 Å². The highest BCUT2D eigenvalue weighted by atomic mass is 32.1. The van der Waals surface area contributed by atoms with Crippen LogP contribution in [0.3, 0.4) is 0 Å². The molecule has 0 saturated carbocycles. The summed E-state index contributed by atoms with van der Waals surface area (Å²) >= 11 is 1.29. The Kier molecular flexibility index (Phi) is 8.78. The third-order valence-electron chi connectivity index (χ3n) is 8.10. The number of hydrogen-bond acceptors (Lipinski definition) is 7. The number of esters is 1. The largest absolute Gasteiger partial charge is 0.497 e. The number of anilines is 1. The lowest BCUT2D eigenvalue weighted by Crippen LogP contribution is -2.40. The molecule has 238 valence electrons. The number of allylic oxidation sites excluding steroid dienone is 1. The van der Waals surface area contributed by atoms with Gasteiger partial charge in [-0.05, 0) is 99.5 Å². The highest BCUT2D eigenvalue weighted by Gasteiger charge is 2.33. The number of fused-ring (bicyclic) bond motifs is 1. The summed E-state index contributed by atoms with van der Waals surface area (Å²) in [5.41, 5.74) is 6.18. The van der Waals surface area contributed by atoms with Crippen molar-refractivity contribution >= 4 is 35.0 Å². The number of rotatable bonds is 8. The molecule has 0 unspecified atom stereocenters. The zero-order chi connectivity index (χ0) is 33.2. The van der Waals surface area contributed by atoms with Crippen molar-refractivity contribution in [3.05, 3.63) is 144 Å². The average molecular weight is 647 g/mol.